The van der Waals surface area contributed by atoms with E-state index in [1.165, 1.54) is 11.0 Å². The van der Waals surface area contributed by atoms with Gasteiger partial charge < -0.3 is 4.90 Å². The quantitative estimate of drug-likeness (QED) is 0.400. The average Bonchev–Trinajstić information content (AvgIpc) is 2.62. The number of amides is 1. The van der Waals surface area contributed by atoms with Crippen molar-refractivity contribution in [1.82, 2.24) is 0 Å². The maximum absolute atomic E-state index is 14.3. The van der Waals surface area contributed by atoms with E-state index in [1.807, 2.05) is 37.3 Å². The van der Waals surface area contributed by atoms with Gasteiger partial charge in [-0.05, 0) is 42.4 Å². The van der Waals surface area contributed by atoms with Gasteiger partial charge in [0.25, 0.3) is 0 Å². The van der Waals surface area contributed by atoms with Crippen molar-refractivity contribution < 1.29 is 35.3 Å². The fraction of sp³-hybridized carbons (Fsp3) is 0.0952. The van der Waals surface area contributed by atoms with E-state index < -0.39 is 17.5 Å². The van der Waals surface area contributed by atoms with Crippen LogP contribution in [0.3, 0.4) is 0 Å². The number of anilines is 1. The molecule has 0 aliphatic carbocycles. The molecule has 0 heterocycles. The van der Waals surface area contributed by atoms with Crippen molar-refractivity contribution in [3.05, 3.63) is 100 Å². The van der Waals surface area contributed by atoms with E-state index in [9.17, 15) is 13.6 Å². The molecule has 0 radical (unpaired) electrons. The Morgan fingerprint density at radius 3 is 2.22 bits per heavy atom. The van der Waals surface area contributed by atoms with Crippen LogP contribution in [0.5, 0.6) is 0 Å². The molecule has 0 unspecified atom stereocenters. The molecule has 0 aliphatic heterocycles. The molecular weight excluding hydrogens is 404 g/mol. The van der Waals surface area contributed by atoms with Gasteiger partial charge >= 0.3 is 0 Å². The molecule has 3 rings (SSSR count). The van der Waals surface area contributed by atoms with Gasteiger partial charge in [0.15, 0.2) is 0 Å². The molecule has 3 aromatic rings. The van der Waals surface area contributed by atoms with Crippen molar-refractivity contribution in [2.45, 2.75) is 13.5 Å². The Hall–Kier alpha value is -2.01. The molecule has 0 bridgehead atoms. The summed E-state index contributed by atoms with van der Waals surface area (Å²) in [5, 5.41) is 0.493. The number of aryl methyl sites for hydroxylation is 1. The minimum atomic E-state index is -0.917. The SMILES string of the molecule is Cc1ccc(CN(C(=O)c2ccc(Cl)cc2)c2ccc(F)[c-]c2F)cc1.[Ti]. The summed E-state index contributed by atoms with van der Waals surface area (Å²) >= 11 is 5.87. The topological polar surface area (TPSA) is 20.3 Å². The number of benzene rings is 3. The van der Waals surface area contributed by atoms with Crippen molar-refractivity contribution in [3.8, 4) is 0 Å². The van der Waals surface area contributed by atoms with E-state index in [1.54, 1.807) is 24.3 Å². The summed E-state index contributed by atoms with van der Waals surface area (Å²) in [6.07, 6.45) is 0. The van der Waals surface area contributed by atoms with Crippen molar-refractivity contribution >= 4 is 23.2 Å². The zero-order chi connectivity index (χ0) is 18.7. The maximum Gasteiger partial charge on any atom is 0.247 e. The Morgan fingerprint density at radius 1 is 1.00 bits per heavy atom. The Bertz CT molecular complexity index is 930. The molecule has 0 aliphatic rings. The first-order chi connectivity index (χ1) is 12.4. The summed E-state index contributed by atoms with van der Waals surface area (Å²) in [6.45, 7) is 2.09. The Balaban J connectivity index is 0.00000261. The second kappa shape index (κ2) is 9.27. The average molecular weight is 419 g/mol. The van der Waals surface area contributed by atoms with Gasteiger partial charge in [0.2, 0.25) is 5.91 Å². The van der Waals surface area contributed by atoms with Gasteiger partial charge in [0.1, 0.15) is 0 Å². The third-order valence-electron chi connectivity index (χ3n) is 3.93. The normalized spacial score (nSPS) is 10.2. The predicted molar refractivity (Wildman–Crippen MR) is 98.3 cm³/mol. The van der Waals surface area contributed by atoms with Gasteiger partial charge in [-0.25, -0.2) is 8.78 Å². The third-order valence-corrected chi connectivity index (χ3v) is 4.18. The van der Waals surface area contributed by atoms with Crippen LogP contribution in [0.15, 0.2) is 60.7 Å². The molecular formula is C21H15ClF2NOTi-. The van der Waals surface area contributed by atoms with Crippen LogP contribution in [-0.4, -0.2) is 5.91 Å². The van der Waals surface area contributed by atoms with E-state index in [2.05, 4.69) is 0 Å². The number of hydrogen-bond donors (Lipinski definition) is 0. The van der Waals surface area contributed by atoms with E-state index in [0.29, 0.717) is 10.6 Å². The molecule has 3 aromatic carbocycles. The minimum Gasteiger partial charge on any atom is -0.355 e. The first kappa shape index (κ1) is 21.3. The first-order valence-electron chi connectivity index (χ1n) is 7.94. The Morgan fingerprint density at radius 2 is 1.63 bits per heavy atom. The monoisotopic (exact) mass is 418 g/mol. The number of nitrogens with zero attached hydrogens (tertiary/aromatic N) is 1. The van der Waals surface area contributed by atoms with E-state index in [4.69, 9.17) is 11.6 Å². The molecule has 0 N–H and O–H groups in total. The molecule has 0 spiro atoms. The summed E-state index contributed by atoms with van der Waals surface area (Å²) < 4.78 is 27.5. The van der Waals surface area contributed by atoms with Crippen LogP contribution in [0.2, 0.25) is 5.02 Å². The minimum absolute atomic E-state index is 0. The molecule has 0 saturated heterocycles. The van der Waals surface area contributed by atoms with Gasteiger partial charge in [-0.3, -0.25) is 4.79 Å². The number of halogens is 3. The van der Waals surface area contributed by atoms with Crippen LogP contribution >= 0.6 is 11.6 Å². The third kappa shape index (κ3) is 5.26. The second-order valence-corrected chi connectivity index (χ2v) is 6.33. The number of carbonyl (C=O) groups excluding carboxylic acids is 1. The summed E-state index contributed by atoms with van der Waals surface area (Å²) in [4.78, 5) is 14.2. The van der Waals surface area contributed by atoms with E-state index in [-0.39, 0.29) is 33.9 Å². The molecule has 2 nitrogen and oxygen atoms in total. The van der Waals surface area contributed by atoms with Crippen LogP contribution in [0.25, 0.3) is 0 Å². The van der Waals surface area contributed by atoms with Gasteiger partial charge in [0, 0.05) is 50.5 Å². The van der Waals surface area contributed by atoms with Crippen LogP contribution in [-0.2, 0) is 28.3 Å². The van der Waals surface area contributed by atoms with E-state index >= 15 is 0 Å². The van der Waals surface area contributed by atoms with Crippen molar-refractivity contribution in [2.24, 2.45) is 0 Å². The van der Waals surface area contributed by atoms with Crippen LogP contribution in [0, 0.1) is 24.6 Å². The van der Waals surface area contributed by atoms with Gasteiger partial charge in [-0.2, -0.15) is 0 Å². The molecule has 27 heavy (non-hydrogen) atoms. The molecule has 0 fully saturated rings. The smallest absolute Gasteiger partial charge is 0.247 e. The summed E-state index contributed by atoms with van der Waals surface area (Å²) in [5.74, 6) is -2.15. The number of hydrogen-bond acceptors (Lipinski definition) is 1. The number of rotatable bonds is 4. The standard InChI is InChI=1S/C21H15ClF2NO.Ti/c1-14-2-4-15(5-3-14)13-25(20-11-10-18(23)12-19(20)24)21(26)16-6-8-17(22)9-7-16;/h2-11H,13H2,1H3;/q-1;. The molecule has 1 amide bonds. The summed E-state index contributed by atoms with van der Waals surface area (Å²) in [6, 6.07) is 18.2. The molecule has 0 aromatic heterocycles. The molecule has 0 saturated carbocycles. The molecule has 136 valence electrons. The second-order valence-electron chi connectivity index (χ2n) is 5.89. The van der Waals surface area contributed by atoms with Crippen molar-refractivity contribution in [2.75, 3.05) is 4.90 Å². The maximum atomic E-state index is 14.3. The van der Waals surface area contributed by atoms with Crippen molar-refractivity contribution in [1.29, 1.82) is 0 Å². The Kier molecular flexibility index (Phi) is 7.31. The van der Waals surface area contributed by atoms with Gasteiger partial charge in [-0.15, -0.1) is 18.2 Å². The van der Waals surface area contributed by atoms with Gasteiger partial charge in [-0.1, -0.05) is 41.4 Å². The van der Waals surface area contributed by atoms with Crippen LogP contribution in [0.1, 0.15) is 21.5 Å². The fourth-order valence-corrected chi connectivity index (χ4v) is 2.66. The summed E-state index contributed by atoms with van der Waals surface area (Å²) in [5.41, 5.74) is 2.21. The fourth-order valence-electron chi connectivity index (χ4n) is 2.54. The zero-order valence-electron chi connectivity index (χ0n) is 14.5. The zero-order valence-corrected chi connectivity index (χ0v) is 16.8. The van der Waals surface area contributed by atoms with Crippen LogP contribution in [0.4, 0.5) is 14.5 Å². The Labute approximate surface area is 176 Å². The van der Waals surface area contributed by atoms with E-state index in [0.717, 1.165) is 17.2 Å². The number of carbonyl (C=O) groups is 1. The first-order valence-corrected chi connectivity index (χ1v) is 8.32. The van der Waals surface area contributed by atoms with Gasteiger partial charge in [0.05, 0.1) is 0 Å². The van der Waals surface area contributed by atoms with Crippen molar-refractivity contribution in [3.63, 3.8) is 0 Å². The molecule has 6 heteroatoms. The molecule has 0 atom stereocenters. The summed E-state index contributed by atoms with van der Waals surface area (Å²) in [7, 11) is 0. The predicted octanol–water partition coefficient (Wildman–Crippen LogP) is 5.57. The van der Waals surface area contributed by atoms with Crippen LogP contribution < -0.4 is 4.90 Å². The largest absolute Gasteiger partial charge is 0.355 e.